The Bertz CT molecular complexity index is 506. The fraction of sp³-hybridized carbons (Fsp3) is 0.714. The molecule has 0 radical (unpaired) electrons. The fourth-order valence-corrected chi connectivity index (χ4v) is 2.86. The summed E-state index contributed by atoms with van der Waals surface area (Å²) in [6.45, 7) is 4.47. The Balaban J connectivity index is 3.11. The number of alkyl halides is 1. The van der Waals surface area contributed by atoms with E-state index in [-0.39, 0.29) is 6.61 Å². The van der Waals surface area contributed by atoms with E-state index in [1.807, 2.05) is 0 Å². The third-order valence-electron chi connectivity index (χ3n) is 2.93. The van der Waals surface area contributed by atoms with Gasteiger partial charge >= 0.3 is 23.9 Å². The molecule has 5 atom stereocenters. The highest BCUT2D eigenvalue weighted by Crippen LogP contribution is 2.31. The lowest BCUT2D eigenvalue weighted by atomic mass is 9.99. The Morgan fingerprint density at radius 3 is 1.71 bits per heavy atom. The molecule has 0 N–H and O–H groups in total. The molecule has 0 saturated carbocycles. The largest absolute Gasteiger partial charge is 0.463 e. The number of hydrogen-bond acceptors (Lipinski definition) is 9. The average Bonchev–Trinajstić information content (AvgIpc) is 2.42. The van der Waals surface area contributed by atoms with Gasteiger partial charge in [0, 0.05) is 27.7 Å². The van der Waals surface area contributed by atoms with Gasteiger partial charge in [0.1, 0.15) is 12.7 Å². The second kappa shape index (κ2) is 8.97. The first-order valence-electron chi connectivity index (χ1n) is 7.06. The number of ether oxygens (including phenoxy) is 5. The zero-order valence-corrected chi connectivity index (χ0v) is 15.2. The first-order chi connectivity index (χ1) is 11.1. The third kappa shape index (κ3) is 6.08. The Hall–Kier alpha value is -1.68. The maximum atomic E-state index is 11.4. The summed E-state index contributed by atoms with van der Waals surface area (Å²) in [4.78, 5) is 45.1. The summed E-state index contributed by atoms with van der Waals surface area (Å²) in [6, 6.07) is 0. The maximum Gasteiger partial charge on any atom is 0.303 e. The van der Waals surface area contributed by atoms with Gasteiger partial charge in [-0.05, 0) is 0 Å². The molecule has 0 aromatic heterocycles. The lowest BCUT2D eigenvalue weighted by molar-refractivity contribution is -0.236. The van der Waals surface area contributed by atoms with Crippen LogP contribution in [0.25, 0.3) is 0 Å². The molecule has 0 aromatic rings. The van der Waals surface area contributed by atoms with Crippen molar-refractivity contribution in [3.8, 4) is 0 Å². The number of halogens is 1. The van der Waals surface area contributed by atoms with Crippen LogP contribution in [0.4, 0.5) is 0 Å². The van der Waals surface area contributed by atoms with Gasteiger partial charge < -0.3 is 23.7 Å². The standard InChI is InChI=1S/C14H19BrO9/c1-6(16)20-5-10-11(21-7(2)17)12(22-8(3)18)13(14(15)24-10)23-9(4)19/h10-14H,5H2,1-4H3/t10-,11-,12?,13?,14+/m1/s1. The SMILES string of the molecule is CC(=O)OC[C@H]1O[C@H](Br)C(OC(C)=O)C(OC(C)=O)[C@@H]1OC(C)=O. The van der Waals surface area contributed by atoms with Gasteiger partial charge in [0.25, 0.3) is 0 Å². The summed E-state index contributed by atoms with van der Waals surface area (Å²) in [6.07, 6.45) is -4.22. The van der Waals surface area contributed by atoms with Crippen molar-refractivity contribution in [1.82, 2.24) is 0 Å². The number of carbonyl (C=O) groups excluding carboxylic acids is 4. The summed E-state index contributed by atoms with van der Waals surface area (Å²) in [5, 5.41) is -0.863. The average molecular weight is 411 g/mol. The van der Waals surface area contributed by atoms with E-state index in [1.54, 1.807) is 0 Å². The molecule has 1 aliphatic rings. The van der Waals surface area contributed by atoms with E-state index in [4.69, 9.17) is 23.7 Å². The van der Waals surface area contributed by atoms with Crippen LogP contribution in [0.3, 0.4) is 0 Å². The van der Waals surface area contributed by atoms with Crippen molar-refractivity contribution in [2.24, 2.45) is 0 Å². The highest BCUT2D eigenvalue weighted by molar-refractivity contribution is 9.09. The highest BCUT2D eigenvalue weighted by atomic mass is 79.9. The maximum absolute atomic E-state index is 11.4. The van der Waals surface area contributed by atoms with Crippen LogP contribution < -0.4 is 0 Å². The molecule has 2 unspecified atom stereocenters. The highest BCUT2D eigenvalue weighted by Gasteiger charge is 2.51. The molecule has 1 fully saturated rings. The van der Waals surface area contributed by atoms with Crippen molar-refractivity contribution in [1.29, 1.82) is 0 Å². The van der Waals surface area contributed by atoms with Crippen LogP contribution in [-0.2, 0) is 42.9 Å². The number of hydrogen-bond donors (Lipinski definition) is 0. The molecule has 1 aliphatic heterocycles. The van der Waals surface area contributed by atoms with Gasteiger partial charge in [-0.3, -0.25) is 19.2 Å². The molecule has 0 aromatic carbocycles. The molecule has 0 amide bonds. The van der Waals surface area contributed by atoms with E-state index >= 15 is 0 Å². The van der Waals surface area contributed by atoms with Gasteiger partial charge in [0.2, 0.25) is 0 Å². The predicted molar refractivity (Wildman–Crippen MR) is 80.9 cm³/mol. The second-order valence-electron chi connectivity index (χ2n) is 5.05. The predicted octanol–water partition coefficient (Wildman–Crippen LogP) is 0.464. The molecule has 10 heteroatoms. The first kappa shape index (κ1) is 20.4. The van der Waals surface area contributed by atoms with E-state index in [1.165, 1.54) is 13.8 Å². The van der Waals surface area contributed by atoms with Crippen LogP contribution >= 0.6 is 15.9 Å². The van der Waals surface area contributed by atoms with Gasteiger partial charge in [-0.1, -0.05) is 15.9 Å². The van der Waals surface area contributed by atoms with Crippen molar-refractivity contribution in [2.75, 3.05) is 6.61 Å². The van der Waals surface area contributed by atoms with E-state index in [9.17, 15) is 19.2 Å². The lowest BCUT2D eigenvalue weighted by Gasteiger charge is -2.42. The molecule has 9 nitrogen and oxygen atoms in total. The lowest BCUT2D eigenvalue weighted by Crippen LogP contribution is -2.60. The van der Waals surface area contributed by atoms with Crippen molar-refractivity contribution in [3.63, 3.8) is 0 Å². The topological polar surface area (TPSA) is 114 Å². The van der Waals surface area contributed by atoms with Crippen LogP contribution in [-0.4, -0.2) is 59.9 Å². The van der Waals surface area contributed by atoms with E-state index in [0.29, 0.717) is 0 Å². The normalized spacial score (nSPS) is 29.3. The third-order valence-corrected chi connectivity index (χ3v) is 3.67. The Morgan fingerprint density at radius 2 is 1.25 bits per heavy atom. The monoisotopic (exact) mass is 410 g/mol. The molecule has 0 bridgehead atoms. The van der Waals surface area contributed by atoms with Crippen LogP contribution in [0.5, 0.6) is 0 Å². The van der Waals surface area contributed by atoms with Gasteiger partial charge in [-0.15, -0.1) is 0 Å². The first-order valence-corrected chi connectivity index (χ1v) is 7.98. The van der Waals surface area contributed by atoms with Crippen LogP contribution in [0, 0.1) is 0 Å². The minimum Gasteiger partial charge on any atom is -0.463 e. The molecule has 1 rings (SSSR count). The van der Waals surface area contributed by atoms with Crippen LogP contribution in [0.2, 0.25) is 0 Å². The Labute approximate surface area is 147 Å². The molecular formula is C14H19BrO9. The van der Waals surface area contributed by atoms with Gasteiger partial charge in [0.05, 0.1) is 0 Å². The van der Waals surface area contributed by atoms with Gasteiger partial charge in [-0.2, -0.15) is 0 Å². The molecule has 1 saturated heterocycles. The molecular weight excluding hydrogens is 392 g/mol. The molecule has 0 spiro atoms. The summed E-state index contributed by atoms with van der Waals surface area (Å²) in [5.41, 5.74) is 0. The smallest absolute Gasteiger partial charge is 0.303 e. The second-order valence-corrected chi connectivity index (χ2v) is 5.95. The van der Waals surface area contributed by atoms with E-state index in [0.717, 1.165) is 13.8 Å². The Kier molecular flexibility index (Phi) is 7.61. The number of esters is 4. The van der Waals surface area contributed by atoms with Crippen molar-refractivity contribution < 1.29 is 42.9 Å². The summed E-state index contributed by atoms with van der Waals surface area (Å²) in [7, 11) is 0. The summed E-state index contributed by atoms with van der Waals surface area (Å²) in [5.74, 6) is -2.52. The van der Waals surface area contributed by atoms with E-state index < -0.39 is 53.3 Å². The fourth-order valence-electron chi connectivity index (χ4n) is 2.18. The zero-order chi connectivity index (χ0) is 18.4. The number of rotatable bonds is 5. The minimum absolute atomic E-state index is 0.236. The van der Waals surface area contributed by atoms with Gasteiger partial charge in [0.15, 0.2) is 23.3 Å². The van der Waals surface area contributed by atoms with Crippen molar-refractivity contribution in [2.45, 2.75) is 57.1 Å². The molecule has 1 heterocycles. The van der Waals surface area contributed by atoms with Crippen molar-refractivity contribution >= 4 is 39.8 Å². The summed E-state index contributed by atoms with van der Waals surface area (Å²) >= 11 is 3.18. The van der Waals surface area contributed by atoms with E-state index in [2.05, 4.69) is 15.9 Å². The molecule has 0 aliphatic carbocycles. The molecule has 136 valence electrons. The summed E-state index contributed by atoms with van der Waals surface area (Å²) < 4.78 is 25.9. The van der Waals surface area contributed by atoms with Crippen LogP contribution in [0.15, 0.2) is 0 Å². The minimum atomic E-state index is -1.13. The van der Waals surface area contributed by atoms with Gasteiger partial charge in [-0.25, -0.2) is 0 Å². The van der Waals surface area contributed by atoms with Crippen LogP contribution in [0.1, 0.15) is 27.7 Å². The quantitative estimate of drug-likeness (QED) is 0.362. The molecule has 24 heavy (non-hydrogen) atoms. The Morgan fingerprint density at radius 1 is 0.792 bits per heavy atom. The van der Waals surface area contributed by atoms with Crippen molar-refractivity contribution in [3.05, 3.63) is 0 Å². The number of carbonyl (C=O) groups is 4. The zero-order valence-electron chi connectivity index (χ0n) is 13.6.